The fourth-order valence-corrected chi connectivity index (χ4v) is 3.04. The van der Waals surface area contributed by atoms with Crippen molar-refractivity contribution in [3.05, 3.63) is 87.7 Å². The van der Waals surface area contributed by atoms with Gasteiger partial charge in [-0.2, -0.15) is 0 Å². The zero-order chi connectivity index (χ0) is 22.5. The number of carbonyl (C=O) groups is 2. The van der Waals surface area contributed by atoms with Crippen LogP contribution in [0.25, 0.3) is 0 Å². The first kappa shape index (κ1) is 22.6. The highest BCUT2D eigenvalue weighted by Gasteiger charge is 2.17. The fourth-order valence-electron chi connectivity index (χ4n) is 2.71. The lowest BCUT2D eigenvalue weighted by Crippen LogP contribution is -2.30. The Morgan fingerprint density at radius 1 is 0.968 bits per heavy atom. The number of benzene rings is 3. The Morgan fingerprint density at radius 3 is 2.35 bits per heavy atom. The van der Waals surface area contributed by atoms with Crippen molar-refractivity contribution in [2.45, 2.75) is 20.0 Å². The lowest BCUT2D eigenvalue weighted by molar-refractivity contribution is -0.122. The Bertz CT molecular complexity index is 1120. The van der Waals surface area contributed by atoms with Gasteiger partial charge in [-0.05, 0) is 74.0 Å². The number of hydrogen-bond donors (Lipinski definition) is 2. The Morgan fingerprint density at radius 2 is 1.68 bits per heavy atom. The molecule has 0 aliphatic carbocycles. The summed E-state index contributed by atoms with van der Waals surface area (Å²) in [6, 6.07) is 15.5. The SMILES string of the molecule is Cc1c(Cl)cccc1NC(=O)c1ccc(O[C@@H](C)C(=O)Nc2ccc(Cl)cc2F)cc1. The molecule has 0 bridgehead atoms. The van der Waals surface area contributed by atoms with Crippen LogP contribution in [-0.4, -0.2) is 17.9 Å². The number of hydrogen-bond acceptors (Lipinski definition) is 3. The first-order valence-electron chi connectivity index (χ1n) is 9.33. The number of nitrogens with one attached hydrogen (secondary N) is 2. The van der Waals surface area contributed by atoms with Gasteiger partial charge in [0.05, 0.1) is 5.69 Å². The Kier molecular flexibility index (Phi) is 7.15. The van der Waals surface area contributed by atoms with E-state index in [0.29, 0.717) is 22.0 Å². The van der Waals surface area contributed by atoms with Gasteiger partial charge in [0.15, 0.2) is 6.10 Å². The summed E-state index contributed by atoms with van der Waals surface area (Å²) in [6.07, 6.45) is -0.899. The number of carbonyl (C=O) groups excluding carboxylic acids is 2. The van der Waals surface area contributed by atoms with Gasteiger partial charge in [0.2, 0.25) is 0 Å². The molecule has 3 aromatic carbocycles. The number of halogens is 3. The predicted molar refractivity (Wildman–Crippen MR) is 121 cm³/mol. The maximum absolute atomic E-state index is 13.8. The summed E-state index contributed by atoms with van der Waals surface area (Å²) in [7, 11) is 0. The third-order valence-corrected chi connectivity index (χ3v) is 5.15. The van der Waals surface area contributed by atoms with Gasteiger partial charge in [-0.25, -0.2) is 4.39 Å². The van der Waals surface area contributed by atoms with Gasteiger partial charge in [0, 0.05) is 21.3 Å². The van der Waals surface area contributed by atoms with E-state index in [1.165, 1.54) is 19.1 Å². The fraction of sp³-hybridized carbons (Fsp3) is 0.130. The van der Waals surface area contributed by atoms with Crippen LogP contribution in [0.3, 0.4) is 0 Å². The molecule has 2 amide bonds. The van der Waals surface area contributed by atoms with Crippen molar-refractivity contribution >= 4 is 46.4 Å². The van der Waals surface area contributed by atoms with E-state index in [1.54, 1.807) is 42.5 Å². The largest absolute Gasteiger partial charge is 0.481 e. The number of ether oxygens (including phenoxy) is 1. The topological polar surface area (TPSA) is 67.4 Å². The molecule has 0 fully saturated rings. The molecule has 0 heterocycles. The van der Waals surface area contributed by atoms with Gasteiger partial charge in [0.25, 0.3) is 11.8 Å². The van der Waals surface area contributed by atoms with E-state index in [0.717, 1.165) is 11.6 Å². The highest BCUT2D eigenvalue weighted by atomic mass is 35.5. The molecule has 5 nitrogen and oxygen atoms in total. The van der Waals surface area contributed by atoms with Crippen LogP contribution in [0.1, 0.15) is 22.8 Å². The molecule has 0 radical (unpaired) electrons. The highest BCUT2D eigenvalue weighted by Crippen LogP contribution is 2.24. The summed E-state index contributed by atoms with van der Waals surface area (Å²) in [6.45, 7) is 3.35. The van der Waals surface area contributed by atoms with Crippen LogP contribution in [0.2, 0.25) is 10.0 Å². The molecule has 0 saturated heterocycles. The van der Waals surface area contributed by atoms with Crippen molar-refractivity contribution in [2.75, 3.05) is 10.6 Å². The predicted octanol–water partition coefficient (Wildman–Crippen LogP) is 6.10. The summed E-state index contributed by atoms with van der Waals surface area (Å²) < 4.78 is 19.4. The molecule has 0 spiro atoms. The summed E-state index contributed by atoms with van der Waals surface area (Å²) in [5.41, 5.74) is 1.81. The van der Waals surface area contributed by atoms with Crippen molar-refractivity contribution in [3.8, 4) is 5.75 Å². The zero-order valence-corrected chi connectivity index (χ0v) is 18.2. The molecule has 0 aliphatic heterocycles. The van der Waals surface area contributed by atoms with Crippen molar-refractivity contribution < 1.29 is 18.7 Å². The van der Waals surface area contributed by atoms with Crippen LogP contribution in [0.4, 0.5) is 15.8 Å². The van der Waals surface area contributed by atoms with E-state index in [4.69, 9.17) is 27.9 Å². The van der Waals surface area contributed by atoms with Gasteiger partial charge >= 0.3 is 0 Å². The third kappa shape index (κ3) is 5.75. The van der Waals surface area contributed by atoms with Crippen molar-refractivity contribution in [1.82, 2.24) is 0 Å². The molecule has 3 rings (SSSR count). The standard InChI is InChI=1S/C23H19Cl2FN2O3/c1-13-18(25)4-3-5-20(13)27-23(30)15-6-9-17(10-7-15)31-14(2)22(29)28-21-11-8-16(24)12-19(21)26/h3-12,14H,1-2H3,(H,27,30)(H,28,29)/t14-/m0/s1. The minimum Gasteiger partial charge on any atom is -0.481 e. The molecule has 8 heteroatoms. The first-order valence-corrected chi connectivity index (χ1v) is 10.1. The van der Waals surface area contributed by atoms with Crippen LogP contribution in [0.5, 0.6) is 5.75 Å². The van der Waals surface area contributed by atoms with E-state index in [-0.39, 0.29) is 16.6 Å². The average molecular weight is 461 g/mol. The molecule has 160 valence electrons. The van der Waals surface area contributed by atoms with Crippen LogP contribution in [0, 0.1) is 12.7 Å². The van der Waals surface area contributed by atoms with E-state index in [9.17, 15) is 14.0 Å². The van der Waals surface area contributed by atoms with Gasteiger partial charge in [-0.3, -0.25) is 9.59 Å². The normalized spacial score (nSPS) is 11.5. The van der Waals surface area contributed by atoms with Gasteiger partial charge < -0.3 is 15.4 Å². The first-order chi connectivity index (χ1) is 14.7. The number of anilines is 2. The van der Waals surface area contributed by atoms with E-state index < -0.39 is 17.8 Å². The van der Waals surface area contributed by atoms with Crippen LogP contribution >= 0.6 is 23.2 Å². The van der Waals surface area contributed by atoms with E-state index in [2.05, 4.69) is 10.6 Å². The molecule has 0 aromatic heterocycles. The number of amides is 2. The van der Waals surface area contributed by atoms with Crippen LogP contribution in [-0.2, 0) is 4.79 Å². The van der Waals surface area contributed by atoms with E-state index >= 15 is 0 Å². The smallest absolute Gasteiger partial charge is 0.265 e. The minimum absolute atomic E-state index is 0.00757. The molecule has 0 unspecified atom stereocenters. The quantitative estimate of drug-likeness (QED) is 0.466. The Labute approximate surface area is 189 Å². The van der Waals surface area contributed by atoms with Crippen molar-refractivity contribution in [3.63, 3.8) is 0 Å². The van der Waals surface area contributed by atoms with E-state index in [1.807, 2.05) is 6.92 Å². The van der Waals surface area contributed by atoms with Crippen LogP contribution < -0.4 is 15.4 Å². The molecule has 2 N–H and O–H groups in total. The summed E-state index contributed by atoms with van der Waals surface area (Å²) in [5.74, 6) is -1.09. The van der Waals surface area contributed by atoms with Crippen molar-refractivity contribution in [2.24, 2.45) is 0 Å². The Balaban J connectivity index is 1.61. The van der Waals surface area contributed by atoms with Crippen LogP contribution in [0.15, 0.2) is 60.7 Å². The van der Waals surface area contributed by atoms with Crippen molar-refractivity contribution in [1.29, 1.82) is 0 Å². The summed E-state index contributed by atoms with van der Waals surface area (Å²) in [4.78, 5) is 24.8. The van der Waals surface area contributed by atoms with Gasteiger partial charge in [0.1, 0.15) is 11.6 Å². The minimum atomic E-state index is -0.899. The molecule has 0 saturated carbocycles. The molecular formula is C23H19Cl2FN2O3. The summed E-state index contributed by atoms with van der Waals surface area (Å²) >= 11 is 11.8. The molecular weight excluding hydrogens is 442 g/mol. The molecule has 1 atom stereocenters. The molecule has 31 heavy (non-hydrogen) atoms. The molecule has 0 aliphatic rings. The second-order valence-corrected chi connectivity index (χ2v) is 7.61. The Hall–Kier alpha value is -3.09. The lowest BCUT2D eigenvalue weighted by atomic mass is 10.1. The number of rotatable bonds is 6. The third-order valence-electron chi connectivity index (χ3n) is 4.50. The van der Waals surface area contributed by atoms with Gasteiger partial charge in [-0.1, -0.05) is 29.3 Å². The molecule has 3 aromatic rings. The maximum Gasteiger partial charge on any atom is 0.265 e. The van der Waals surface area contributed by atoms with Gasteiger partial charge in [-0.15, -0.1) is 0 Å². The summed E-state index contributed by atoms with van der Waals surface area (Å²) in [5, 5.41) is 6.05. The maximum atomic E-state index is 13.8. The monoisotopic (exact) mass is 460 g/mol. The lowest BCUT2D eigenvalue weighted by Gasteiger charge is -2.15. The second-order valence-electron chi connectivity index (χ2n) is 6.76. The second kappa shape index (κ2) is 9.81. The highest BCUT2D eigenvalue weighted by molar-refractivity contribution is 6.32. The average Bonchev–Trinajstić information content (AvgIpc) is 2.73. The zero-order valence-electron chi connectivity index (χ0n) is 16.7.